The Morgan fingerprint density at radius 1 is 1.29 bits per heavy atom. The topological polar surface area (TPSA) is 25.8 Å². The maximum Gasteiger partial charge on any atom is 0.143 e. The minimum Gasteiger partial charge on any atom is -0.144 e. The van der Waals surface area contributed by atoms with Crippen LogP contribution in [-0.4, -0.2) is 10.2 Å². The molecular formula is C11H14N2S. The smallest absolute Gasteiger partial charge is 0.143 e. The summed E-state index contributed by atoms with van der Waals surface area (Å²) in [4.78, 5) is 0. The Labute approximate surface area is 88.7 Å². The van der Waals surface area contributed by atoms with Gasteiger partial charge >= 0.3 is 0 Å². The highest BCUT2D eigenvalue weighted by Gasteiger charge is 2.00. The molecule has 1 aromatic rings. The van der Waals surface area contributed by atoms with E-state index in [-0.39, 0.29) is 0 Å². The van der Waals surface area contributed by atoms with Crippen molar-refractivity contribution in [2.75, 3.05) is 0 Å². The number of aryl methyl sites for hydroxylation is 1. The maximum atomic E-state index is 4.06. The molecule has 0 aliphatic rings. The van der Waals surface area contributed by atoms with Crippen molar-refractivity contribution in [1.29, 1.82) is 0 Å². The SMILES string of the molecule is C=C/C(C)=C\C=C(/C)c1nnc(C)s1. The Balaban J connectivity index is 2.85. The standard InChI is InChI=1S/C11H14N2S/c1-5-8(2)6-7-9(3)11-13-12-10(4)14-11/h5-7H,1H2,2-4H3/b8-6-,9-7+. The fourth-order valence-corrected chi connectivity index (χ4v) is 1.52. The largest absolute Gasteiger partial charge is 0.144 e. The van der Waals surface area contributed by atoms with Crippen LogP contribution >= 0.6 is 11.3 Å². The van der Waals surface area contributed by atoms with Gasteiger partial charge in [-0.15, -0.1) is 10.2 Å². The van der Waals surface area contributed by atoms with Crippen LogP contribution in [0.25, 0.3) is 5.57 Å². The number of aromatic nitrogens is 2. The molecule has 74 valence electrons. The summed E-state index contributed by atoms with van der Waals surface area (Å²) in [5.74, 6) is 0. The lowest BCUT2D eigenvalue weighted by atomic mass is 10.2. The molecule has 0 aliphatic carbocycles. The monoisotopic (exact) mass is 206 g/mol. The van der Waals surface area contributed by atoms with Crippen molar-refractivity contribution in [2.24, 2.45) is 0 Å². The van der Waals surface area contributed by atoms with Gasteiger partial charge in [-0.3, -0.25) is 0 Å². The third-order valence-corrected chi connectivity index (χ3v) is 2.76. The van der Waals surface area contributed by atoms with E-state index < -0.39 is 0 Å². The van der Waals surface area contributed by atoms with Gasteiger partial charge in [-0.1, -0.05) is 41.7 Å². The van der Waals surface area contributed by atoms with E-state index in [4.69, 9.17) is 0 Å². The van der Waals surface area contributed by atoms with Gasteiger partial charge in [0.25, 0.3) is 0 Å². The van der Waals surface area contributed by atoms with Gasteiger partial charge in [-0.25, -0.2) is 0 Å². The van der Waals surface area contributed by atoms with Crippen molar-refractivity contribution in [3.63, 3.8) is 0 Å². The number of hydrogen-bond donors (Lipinski definition) is 0. The highest BCUT2D eigenvalue weighted by molar-refractivity contribution is 7.12. The highest BCUT2D eigenvalue weighted by Crippen LogP contribution is 2.18. The van der Waals surface area contributed by atoms with Crippen LogP contribution < -0.4 is 0 Å². The molecule has 0 N–H and O–H groups in total. The van der Waals surface area contributed by atoms with Crippen LogP contribution in [0.2, 0.25) is 0 Å². The van der Waals surface area contributed by atoms with Crippen LogP contribution in [0.4, 0.5) is 0 Å². The van der Waals surface area contributed by atoms with Gasteiger partial charge in [0.15, 0.2) is 0 Å². The van der Waals surface area contributed by atoms with Gasteiger partial charge in [0.05, 0.1) is 0 Å². The summed E-state index contributed by atoms with van der Waals surface area (Å²) < 4.78 is 0. The minimum atomic E-state index is 0.982. The Morgan fingerprint density at radius 2 is 2.00 bits per heavy atom. The quantitative estimate of drug-likeness (QED) is 0.708. The molecule has 0 saturated carbocycles. The number of allylic oxidation sites excluding steroid dienone is 5. The second-order valence-electron chi connectivity index (χ2n) is 3.09. The zero-order valence-corrected chi connectivity index (χ0v) is 9.56. The summed E-state index contributed by atoms with van der Waals surface area (Å²) in [7, 11) is 0. The molecule has 1 heterocycles. The Kier molecular flexibility index (Phi) is 3.77. The Morgan fingerprint density at radius 3 is 2.50 bits per heavy atom. The van der Waals surface area contributed by atoms with Crippen LogP contribution in [0.1, 0.15) is 23.9 Å². The molecule has 1 rings (SSSR count). The molecule has 0 unspecified atom stereocenters. The fraction of sp³-hybridized carbons (Fsp3) is 0.273. The van der Waals surface area contributed by atoms with Crippen molar-refractivity contribution < 1.29 is 0 Å². The van der Waals surface area contributed by atoms with Gasteiger partial charge < -0.3 is 0 Å². The zero-order chi connectivity index (χ0) is 10.6. The molecule has 0 aromatic carbocycles. The van der Waals surface area contributed by atoms with Crippen LogP contribution in [0.3, 0.4) is 0 Å². The molecule has 0 saturated heterocycles. The van der Waals surface area contributed by atoms with Crippen molar-refractivity contribution in [3.8, 4) is 0 Å². The van der Waals surface area contributed by atoms with E-state index >= 15 is 0 Å². The summed E-state index contributed by atoms with van der Waals surface area (Å²) in [6.07, 6.45) is 5.89. The second kappa shape index (κ2) is 4.86. The van der Waals surface area contributed by atoms with E-state index in [1.807, 2.05) is 39.0 Å². The third kappa shape index (κ3) is 2.92. The molecule has 0 amide bonds. The van der Waals surface area contributed by atoms with E-state index in [1.54, 1.807) is 11.3 Å². The lowest BCUT2D eigenvalue weighted by Crippen LogP contribution is -1.77. The van der Waals surface area contributed by atoms with Crippen LogP contribution in [0, 0.1) is 6.92 Å². The molecule has 0 radical (unpaired) electrons. The van der Waals surface area contributed by atoms with E-state index in [1.165, 1.54) is 0 Å². The van der Waals surface area contributed by atoms with Crippen molar-refractivity contribution in [1.82, 2.24) is 10.2 Å². The van der Waals surface area contributed by atoms with E-state index in [9.17, 15) is 0 Å². The summed E-state index contributed by atoms with van der Waals surface area (Å²) >= 11 is 1.61. The Hall–Kier alpha value is -1.22. The average molecular weight is 206 g/mol. The summed E-state index contributed by atoms with van der Waals surface area (Å²) in [5, 5.41) is 10.0. The van der Waals surface area contributed by atoms with Gasteiger partial charge in [0.2, 0.25) is 0 Å². The predicted octanol–water partition coefficient (Wildman–Crippen LogP) is 3.38. The van der Waals surface area contributed by atoms with Gasteiger partial charge in [-0.05, 0) is 26.3 Å². The van der Waals surface area contributed by atoms with Crippen LogP contribution in [0.15, 0.2) is 30.4 Å². The van der Waals surface area contributed by atoms with Crippen LogP contribution in [-0.2, 0) is 0 Å². The molecule has 0 fully saturated rings. The first kappa shape index (κ1) is 10.9. The number of rotatable bonds is 3. The molecule has 0 spiro atoms. The Bertz CT molecular complexity index is 386. The van der Waals surface area contributed by atoms with E-state index in [0.717, 1.165) is 21.2 Å². The van der Waals surface area contributed by atoms with Gasteiger partial charge in [-0.2, -0.15) is 0 Å². The minimum absolute atomic E-state index is 0.982. The molecule has 14 heavy (non-hydrogen) atoms. The van der Waals surface area contributed by atoms with Crippen molar-refractivity contribution in [2.45, 2.75) is 20.8 Å². The van der Waals surface area contributed by atoms with Crippen molar-refractivity contribution >= 4 is 16.9 Å². The predicted molar refractivity (Wildman–Crippen MR) is 62.3 cm³/mol. The molecular weight excluding hydrogens is 192 g/mol. The first-order chi connectivity index (χ1) is 6.63. The fourth-order valence-electron chi connectivity index (χ4n) is 0.852. The molecule has 2 nitrogen and oxygen atoms in total. The average Bonchev–Trinajstić information content (AvgIpc) is 2.60. The van der Waals surface area contributed by atoms with Crippen molar-refractivity contribution in [3.05, 3.63) is 40.4 Å². The maximum absolute atomic E-state index is 4.06. The normalized spacial score (nSPS) is 13.1. The molecule has 1 aromatic heterocycles. The summed E-state index contributed by atoms with van der Waals surface area (Å²) in [5.41, 5.74) is 2.28. The zero-order valence-electron chi connectivity index (χ0n) is 8.74. The molecule has 0 atom stereocenters. The molecule has 3 heteroatoms. The van der Waals surface area contributed by atoms with Crippen LogP contribution in [0.5, 0.6) is 0 Å². The lowest BCUT2D eigenvalue weighted by Gasteiger charge is -1.91. The summed E-state index contributed by atoms with van der Waals surface area (Å²) in [6, 6.07) is 0. The number of nitrogens with zero attached hydrogens (tertiary/aromatic N) is 2. The molecule has 0 bridgehead atoms. The first-order valence-electron chi connectivity index (χ1n) is 4.41. The summed E-state index contributed by atoms with van der Waals surface area (Å²) in [6.45, 7) is 9.70. The van der Waals surface area contributed by atoms with Gasteiger partial charge in [0.1, 0.15) is 10.0 Å². The number of hydrogen-bond acceptors (Lipinski definition) is 3. The molecule has 0 aliphatic heterocycles. The lowest BCUT2D eigenvalue weighted by molar-refractivity contribution is 1.03. The second-order valence-corrected chi connectivity index (χ2v) is 4.27. The van der Waals surface area contributed by atoms with E-state index in [0.29, 0.717) is 0 Å². The third-order valence-electron chi connectivity index (χ3n) is 1.78. The van der Waals surface area contributed by atoms with Gasteiger partial charge in [0, 0.05) is 0 Å². The first-order valence-corrected chi connectivity index (χ1v) is 5.23. The highest BCUT2D eigenvalue weighted by atomic mass is 32.1. The van der Waals surface area contributed by atoms with E-state index in [2.05, 4.69) is 16.8 Å².